The average Bonchev–Trinajstić information content (AvgIpc) is 3.13. The normalized spacial score (nSPS) is 17.1. The van der Waals surface area contributed by atoms with Gasteiger partial charge in [-0.15, -0.1) is 13.2 Å². The van der Waals surface area contributed by atoms with Crippen molar-refractivity contribution in [2.75, 3.05) is 19.1 Å². The van der Waals surface area contributed by atoms with Gasteiger partial charge in [-0.3, -0.25) is 14.5 Å². The zero-order valence-electron chi connectivity index (χ0n) is 19.4. The fourth-order valence-corrected chi connectivity index (χ4v) is 4.26. The number of Topliss-reactive ketones (excluding diaryl/α,β-unsaturated/α-hetero) is 1. The van der Waals surface area contributed by atoms with Gasteiger partial charge in [0.2, 0.25) is 0 Å². The monoisotopic (exact) mass is 533 g/mol. The zero-order valence-corrected chi connectivity index (χ0v) is 20.1. The van der Waals surface area contributed by atoms with Crippen LogP contribution >= 0.6 is 11.6 Å². The zero-order chi connectivity index (χ0) is 26.9. The van der Waals surface area contributed by atoms with Crippen LogP contribution in [-0.4, -0.2) is 37.4 Å². The Labute approximate surface area is 214 Å². The Kier molecular flexibility index (Phi) is 7.04. The molecule has 1 fully saturated rings. The molecule has 1 amide bonds. The number of rotatable bonds is 6. The van der Waals surface area contributed by atoms with E-state index in [-0.39, 0.29) is 21.8 Å². The number of amides is 1. The van der Waals surface area contributed by atoms with Crippen LogP contribution in [0.5, 0.6) is 17.2 Å². The van der Waals surface area contributed by atoms with Crippen LogP contribution in [0.4, 0.5) is 18.9 Å². The molecular weight excluding hydrogens is 515 g/mol. The van der Waals surface area contributed by atoms with Gasteiger partial charge in [-0.25, -0.2) is 0 Å². The van der Waals surface area contributed by atoms with Gasteiger partial charge in [0.15, 0.2) is 0 Å². The molecule has 1 N–H and O–H groups in total. The Morgan fingerprint density at radius 1 is 0.946 bits per heavy atom. The molecule has 37 heavy (non-hydrogen) atoms. The fraction of sp³-hybridized carbons (Fsp3) is 0.154. The first-order chi connectivity index (χ1) is 17.5. The molecule has 3 aromatic carbocycles. The summed E-state index contributed by atoms with van der Waals surface area (Å²) in [5, 5.41) is 11.4. The second kappa shape index (κ2) is 10.1. The molecular formula is C26H19ClF3NO6. The molecule has 1 aliphatic rings. The summed E-state index contributed by atoms with van der Waals surface area (Å²) in [5.41, 5.74) is 0.437. The minimum absolute atomic E-state index is 0.108. The molecule has 0 spiro atoms. The number of carbonyl (C=O) groups excluding carboxylic acids is 2. The highest BCUT2D eigenvalue weighted by Gasteiger charge is 2.47. The van der Waals surface area contributed by atoms with Gasteiger partial charge in [-0.1, -0.05) is 23.7 Å². The number of ether oxygens (including phenoxy) is 3. The standard InChI is InChI=1S/C26H19ClF3NO6/c1-35-18-5-3-4-14(12-18)22-21(23(32)15-6-11-20(36-2)19(27)13-15)24(33)25(34)31(22)16-7-9-17(10-8-16)37-26(28,29)30/h3-13,22,32H,1-2H3/b23-21-. The number of alkyl halides is 3. The summed E-state index contributed by atoms with van der Waals surface area (Å²) in [6.45, 7) is 0. The summed E-state index contributed by atoms with van der Waals surface area (Å²) in [4.78, 5) is 27.5. The number of anilines is 1. The molecule has 1 heterocycles. The van der Waals surface area contributed by atoms with Crippen LogP contribution in [0.1, 0.15) is 17.2 Å². The number of halogens is 4. The number of hydrogen-bond acceptors (Lipinski definition) is 6. The topological polar surface area (TPSA) is 85.3 Å². The van der Waals surface area contributed by atoms with Gasteiger partial charge in [-0.2, -0.15) is 0 Å². The Morgan fingerprint density at radius 2 is 1.65 bits per heavy atom. The van der Waals surface area contributed by atoms with E-state index in [1.807, 2.05) is 0 Å². The number of carbonyl (C=O) groups is 2. The number of aliphatic hydroxyl groups is 1. The van der Waals surface area contributed by atoms with Gasteiger partial charge in [-0.05, 0) is 60.2 Å². The van der Waals surface area contributed by atoms with Crippen molar-refractivity contribution >= 4 is 34.7 Å². The fourth-order valence-electron chi connectivity index (χ4n) is 4.00. The molecule has 4 rings (SSSR count). The number of aliphatic hydroxyl groups excluding tert-OH is 1. The van der Waals surface area contributed by atoms with Crippen LogP contribution < -0.4 is 19.1 Å². The van der Waals surface area contributed by atoms with E-state index in [4.69, 9.17) is 21.1 Å². The molecule has 0 saturated carbocycles. The first-order valence-corrected chi connectivity index (χ1v) is 11.1. The van der Waals surface area contributed by atoms with E-state index < -0.39 is 35.6 Å². The quantitative estimate of drug-likeness (QED) is 0.242. The SMILES string of the molecule is COc1cccc(C2/C(=C(/O)c3ccc(OC)c(Cl)c3)C(=O)C(=O)N2c2ccc(OC(F)(F)F)cc2)c1. The van der Waals surface area contributed by atoms with Crippen LogP contribution in [0.3, 0.4) is 0 Å². The number of hydrogen-bond donors (Lipinski definition) is 1. The third kappa shape index (κ3) is 5.19. The van der Waals surface area contributed by atoms with Crippen molar-refractivity contribution in [1.82, 2.24) is 0 Å². The Bertz CT molecular complexity index is 1390. The summed E-state index contributed by atoms with van der Waals surface area (Å²) < 4.78 is 52.1. The van der Waals surface area contributed by atoms with E-state index >= 15 is 0 Å². The van der Waals surface area contributed by atoms with E-state index in [0.29, 0.717) is 17.1 Å². The molecule has 0 bridgehead atoms. The Hall–Kier alpha value is -4.18. The molecule has 1 aliphatic heterocycles. The number of ketones is 1. The first-order valence-electron chi connectivity index (χ1n) is 10.7. The molecule has 7 nitrogen and oxygen atoms in total. The van der Waals surface area contributed by atoms with Gasteiger partial charge >= 0.3 is 6.36 Å². The molecule has 0 aliphatic carbocycles. The third-order valence-electron chi connectivity index (χ3n) is 5.63. The summed E-state index contributed by atoms with van der Waals surface area (Å²) >= 11 is 6.19. The Morgan fingerprint density at radius 3 is 2.24 bits per heavy atom. The predicted octanol–water partition coefficient (Wildman–Crippen LogP) is 5.88. The lowest BCUT2D eigenvalue weighted by Gasteiger charge is -2.26. The molecule has 11 heteroatoms. The van der Waals surface area contributed by atoms with Crippen LogP contribution in [0.2, 0.25) is 5.02 Å². The number of benzene rings is 3. The summed E-state index contributed by atoms with van der Waals surface area (Å²) in [7, 11) is 2.86. The van der Waals surface area contributed by atoms with Crippen molar-refractivity contribution in [3.8, 4) is 17.2 Å². The molecule has 0 aromatic heterocycles. The van der Waals surface area contributed by atoms with E-state index in [2.05, 4.69) is 4.74 Å². The first kappa shape index (κ1) is 25.9. The van der Waals surface area contributed by atoms with Crippen molar-refractivity contribution in [1.29, 1.82) is 0 Å². The molecule has 0 radical (unpaired) electrons. The van der Waals surface area contributed by atoms with Crippen LogP contribution in [0.25, 0.3) is 5.76 Å². The van der Waals surface area contributed by atoms with Gasteiger partial charge in [0.05, 0.1) is 30.9 Å². The lowest BCUT2D eigenvalue weighted by atomic mass is 9.95. The summed E-state index contributed by atoms with van der Waals surface area (Å²) in [6.07, 6.45) is -4.90. The smallest absolute Gasteiger partial charge is 0.507 e. The maximum Gasteiger partial charge on any atom is 0.573 e. The highest BCUT2D eigenvalue weighted by Crippen LogP contribution is 2.43. The molecule has 1 unspecified atom stereocenters. The van der Waals surface area contributed by atoms with Crippen molar-refractivity contribution < 1.29 is 42.1 Å². The van der Waals surface area contributed by atoms with Crippen molar-refractivity contribution in [2.24, 2.45) is 0 Å². The molecule has 1 saturated heterocycles. The lowest BCUT2D eigenvalue weighted by Crippen LogP contribution is -2.29. The maximum absolute atomic E-state index is 13.2. The maximum atomic E-state index is 13.2. The van der Waals surface area contributed by atoms with E-state index in [1.54, 1.807) is 24.3 Å². The minimum Gasteiger partial charge on any atom is -0.507 e. The highest BCUT2D eigenvalue weighted by molar-refractivity contribution is 6.51. The molecule has 192 valence electrons. The largest absolute Gasteiger partial charge is 0.573 e. The van der Waals surface area contributed by atoms with Crippen LogP contribution in [-0.2, 0) is 9.59 Å². The average molecular weight is 534 g/mol. The van der Waals surface area contributed by atoms with E-state index in [1.165, 1.54) is 44.6 Å². The van der Waals surface area contributed by atoms with Gasteiger partial charge in [0, 0.05) is 11.3 Å². The predicted molar refractivity (Wildman–Crippen MR) is 129 cm³/mol. The van der Waals surface area contributed by atoms with Gasteiger partial charge in [0.25, 0.3) is 11.7 Å². The third-order valence-corrected chi connectivity index (χ3v) is 5.92. The van der Waals surface area contributed by atoms with Crippen molar-refractivity contribution in [2.45, 2.75) is 12.4 Å². The summed E-state index contributed by atoms with van der Waals surface area (Å²) in [5.74, 6) is -2.21. The molecule has 3 aromatic rings. The van der Waals surface area contributed by atoms with Crippen molar-refractivity contribution in [3.05, 3.63) is 88.5 Å². The van der Waals surface area contributed by atoms with E-state index in [0.717, 1.165) is 17.0 Å². The highest BCUT2D eigenvalue weighted by atomic mass is 35.5. The van der Waals surface area contributed by atoms with Crippen LogP contribution in [0.15, 0.2) is 72.3 Å². The Balaban J connectivity index is 1.88. The van der Waals surface area contributed by atoms with Crippen LogP contribution in [0, 0.1) is 0 Å². The lowest BCUT2D eigenvalue weighted by molar-refractivity contribution is -0.274. The van der Waals surface area contributed by atoms with Gasteiger partial charge in [0.1, 0.15) is 23.0 Å². The van der Waals surface area contributed by atoms with E-state index in [9.17, 15) is 27.9 Å². The molecule has 1 atom stereocenters. The number of nitrogens with zero attached hydrogens (tertiary/aromatic N) is 1. The van der Waals surface area contributed by atoms with Gasteiger partial charge < -0.3 is 19.3 Å². The number of methoxy groups -OCH3 is 2. The van der Waals surface area contributed by atoms with Crippen molar-refractivity contribution in [3.63, 3.8) is 0 Å². The second-order valence-corrected chi connectivity index (χ2v) is 8.24. The second-order valence-electron chi connectivity index (χ2n) is 7.84. The minimum atomic E-state index is -4.90. The summed E-state index contributed by atoms with van der Waals surface area (Å²) in [6, 6.07) is 14.2.